The van der Waals surface area contributed by atoms with Crippen LogP contribution >= 0.6 is 0 Å². The molecule has 2 heterocycles. The standard InChI is InChI=1S/C22H34N2O4/c1-3-24(4-2)22(25)19-8-6-10-23(15-19)14-18-7-5-9-20(13-18)28-17-21-16-26-11-12-27-21/h5,7,9,13,19,21H,3-4,6,8,10-12,14-17H2,1-2H3. The molecule has 0 radical (unpaired) electrons. The molecule has 0 bridgehead atoms. The maximum atomic E-state index is 12.7. The molecule has 2 unspecified atom stereocenters. The summed E-state index contributed by atoms with van der Waals surface area (Å²) in [6.07, 6.45) is 2.08. The highest BCUT2D eigenvalue weighted by molar-refractivity contribution is 5.79. The number of ether oxygens (including phenoxy) is 3. The summed E-state index contributed by atoms with van der Waals surface area (Å²) in [5.74, 6) is 1.29. The van der Waals surface area contributed by atoms with Crippen LogP contribution in [0, 0.1) is 5.92 Å². The summed E-state index contributed by atoms with van der Waals surface area (Å²) in [5.41, 5.74) is 1.22. The monoisotopic (exact) mass is 390 g/mol. The van der Waals surface area contributed by atoms with Gasteiger partial charge in [-0.05, 0) is 50.9 Å². The highest BCUT2D eigenvalue weighted by atomic mass is 16.6. The van der Waals surface area contributed by atoms with Gasteiger partial charge < -0.3 is 19.1 Å². The summed E-state index contributed by atoms with van der Waals surface area (Å²) in [5, 5.41) is 0. The maximum Gasteiger partial charge on any atom is 0.226 e. The molecule has 1 amide bonds. The van der Waals surface area contributed by atoms with E-state index in [0.717, 1.165) is 51.3 Å². The second-order valence-electron chi connectivity index (χ2n) is 7.61. The smallest absolute Gasteiger partial charge is 0.226 e. The summed E-state index contributed by atoms with van der Waals surface area (Å²) in [6.45, 7) is 10.8. The maximum absolute atomic E-state index is 12.7. The van der Waals surface area contributed by atoms with Crippen molar-refractivity contribution in [3.05, 3.63) is 29.8 Å². The number of likely N-dealkylation sites (tertiary alicyclic amines) is 1. The molecule has 2 atom stereocenters. The Balaban J connectivity index is 1.52. The summed E-state index contributed by atoms with van der Waals surface area (Å²) in [7, 11) is 0. The van der Waals surface area contributed by atoms with E-state index in [1.165, 1.54) is 5.56 Å². The van der Waals surface area contributed by atoms with Gasteiger partial charge in [0.15, 0.2) is 0 Å². The molecule has 2 aliphatic heterocycles. The summed E-state index contributed by atoms with van der Waals surface area (Å²) < 4.78 is 17.0. The second-order valence-corrected chi connectivity index (χ2v) is 7.61. The van der Waals surface area contributed by atoms with Gasteiger partial charge in [-0.15, -0.1) is 0 Å². The molecule has 6 nitrogen and oxygen atoms in total. The van der Waals surface area contributed by atoms with Gasteiger partial charge in [0, 0.05) is 26.2 Å². The normalized spacial score (nSPS) is 23.4. The van der Waals surface area contributed by atoms with Crippen molar-refractivity contribution in [3.8, 4) is 5.75 Å². The van der Waals surface area contributed by atoms with Crippen molar-refractivity contribution in [1.82, 2.24) is 9.80 Å². The lowest BCUT2D eigenvalue weighted by atomic mass is 9.96. The molecule has 6 heteroatoms. The number of hydrogen-bond donors (Lipinski definition) is 0. The van der Waals surface area contributed by atoms with E-state index in [9.17, 15) is 4.79 Å². The minimum absolute atomic E-state index is 0.00588. The van der Waals surface area contributed by atoms with E-state index < -0.39 is 0 Å². The van der Waals surface area contributed by atoms with Gasteiger partial charge in [-0.2, -0.15) is 0 Å². The molecular formula is C22H34N2O4. The molecule has 1 aromatic carbocycles. The molecule has 0 aliphatic carbocycles. The molecule has 0 spiro atoms. The molecular weight excluding hydrogens is 356 g/mol. The Labute approximate surface area is 168 Å². The van der Waals surface area contributed by atoms with Gasteiger partial charge in [0.05, 0.1) is 25.7 Å². The van der Waals surface area contributed by atoms with Crippen LogP contribution in [0.2, 0.25) is 0 Å². The molecule has 2 fully saturated rings. The van der Waals surface area contributed by atoms with E-state index in [0.29, 0.717) is 32.3 Å². The number of benzene rings is 1. The van der Waals surface area contributed by atoms with E-state index in [4.69, 9.17) is 14.2 Å². The van der Waals surface area contributed by atoms with E-state index in [1.807, 2.05) is 17.0 Å². The van der Waals surface area contributed by atoms with Gasteiger partial charge in [-0.3, -0.25) is 9.69 Å². The molecule has 0 N–H and O–H groups in total. The Morgan fingerprint density at radius 1 is 1.29 bits per heavy atom. The molecule has 2 saturated heterocycles. The van der Waals surface area contributed by atoms with Gasteiger partial charge in [-0.25, -0.2) is 0 Å². The topological polar surface area (TPSA) is 51.2 Å². The number of carbonyl (C=O) groups is 1. The highest BCUT2D eigenvalue weighted by Crippen LogP contribution is 2.22. The third kappa shape index (κ3) is 5.93. The van der Waals surface area contributed by atoms with Gasteiger partial charge in [0.25, 0.3) is 0 Å². The number of carbonyl (C=O) groups excluding carboxylic acids is 1. The van der Waals surface area contributed by atoms with Gasteiger partial charge in [-0.1, -0.05) is 12.1 Å². The first-order chi connectivity index (χ1) is 13.7. The molecule has 1 aromatic rings. The average Bonchev–Trinajstić information content (AvgIpc) is 2.74. The number of amides is 1. The van der Waals surface area contributed by atoms with E-state index in [2.05, 4.69) is 30.9 Å². The Bertz CT molecular complexity index is 614. The largest absolute Gasteiger partial charge is 0.491 e. The Morgan fingerprint density at radius 2 is 2.14 bits per heavy atom. The van der Waals surface area contributed by atoms with Crippen molar-refractivity contribution in [2.75, 3.05) is 52.6 Å². The predicted molar refractivity (Wildman–Crippen MR) is 108 cm³/mol. The van der Waals surface area contributed by atoms with Crippen LogP contribution in [0.25, 0.3) is 0 Å². The van der Waals surface area contributed by atoms with Gasteiger partial charge >= 0.3 is 0 Å². The Morgan fingerprint density at radius 3 is 2.89 bits per heavy atom. The zero-order valence-corrected chi connectivity index (χ0v) is 17.3. The second kappa shape index (κ2) is 10.8. The van der Waals surface area contributed by atoms with Gasteiger partial charge in [0.2, 0.25) is 5.91 Å². The zero-order valence-electron chi connectivity index (χ0n) is 17.3. The first-order valence-corrected chi connectivity index (χ1v) is 10.6. The highest BCUT2D eigenvalue weighted by Gasteiger charge is 2.28. The fourth-order valence-electron chi connectivity index (χ4n) is 4.01. The van der Waals surface area contributed by atoms with Crippen LogP contribution in [0.15, 0.2) is 24.3 Å². The lowest BCUT2D eigenvalue weighted by Crippen LogP contribution is -2.44. The molecule has 0 saturated carbocycles. The van der Waals surface area contributed by atoms with Crippen LogP contribution in [-0.2, 0) is 20.8 Å². The molecule has 156 valence electrons. The fraction of sp³-hybridized carbons (Fsp3) is 0.682. The van der Waals surface area contributed by atoms with Crippen LogP contribution in [0.1, 0.15) is 32.3 Å². The third-order valence-electron chi connectivity index (χ3n) is 5.56. The lowest BCUT2D eigenvalue weighted by Gasteiger charge is -2.34. The predicted octanol–water partition coefficient (Wildman–Crippen LogP) is 2.56. The van der Waals surface area contributed by atoms with Gasteiger partial charge in [0.1, 0.15) is 18.5 Å². The van der Waals surface area contributed by atoms with Crippen molar-refractivity contribution >= 4 is 5.91 Å². The first kappa shape index (κ1) is 21.1. The average molecular weight is 391 g/mol. The Hall–Kier alpha value is -1.63. The molecule has 0 aromatic heterocycles. The lowest BCUT2D eigenvalue weighted by molar-refractivity contribution is -0.137. The third-order valence-corrected chi connectivity index (χ3v) is 5.56. The minimum atomic E-state index is 0.00588. The van der Waals surface area contributed by atoms with Crippen LogP contribution < -0.4 is 4.74 Å². The molecule has 2 aliphatic rings. The number of hydrogen-bond acceptors (Lipinski definition) is 5. The molecule has 28 heavy (non-hydrogen) atoms. The Kier molecular flexibility index (Phi) is 8.13. The van der Waals surface area contributed by atoms with Crippen LogP contribution in [0.5, 0.6) is 5.75 Å². The van der Waals surface area contributed by atoms with Crippen LogP contribution in [0.4, 0.5) is 0 Å². The minimum Gasteiger partial charge on any atom is -0.491 e. The van der Waals surface area contributed by atoms with Crippen LogP contribution in [-0.4, -0.2) is 74.4 Å². The van der Waals surface area contributed by atoms with Crippen molar-refractivity contribution in [3.63, 3.8) is 0 Å². The quantitative estimate of drug-likeness (QED) is 0.683. The number of nitrogens with zero attached hydrogens (tertiary/aromatic N) is 2. The fourth-order valence-corrected chi connectivity index (χ4v) is 4.01. The van der Waals surface area contributed by atoms with Crippen molar-refractivity contribution in [2.45, 2.75) is 39.3 Å². The van der Waals surface area contributed by atoms with E-state index >= 15 is 0 Å². The first-order valence-electron chi connectivity index (χ1n) is 10.6. The van der Waals surface area contributed by atoms with Crippen LogP contribution in [0.3, 0.4) is 0 Å². The van der Waals surface area contributed by atoms with E-state index in [-0.39, 0.29) is 12.0 Å². The summed E-state index contributed by atoms with van der Waals surface area (Å²) >= 11 is 0. The number of rotatable bonds is 8. The SMILES string of the molecule is CCN(CC)C(=O)C1CCCN(Cc2cccc(OCC3COCCO3)c2)C1. The van der Waals surface area contributed by atoms with E-state index in [1.54, 1.807) is 0 Å². The van der Waals surface area contributed by atoms with Crippen molar-refractivity contribution in [2.24, 2.45) is 5.92 Å². The number of piperidine rings is 1. The summed E-state index contributed by atoms with van der Waals surface area (Å²) in [6, 6.07) is 8.24. The van der Waals surface area contributed by atoms with Crippen molar-refractivity contribution in [1.29, 1.82) is 0 Å². The van der Waals surface area contributed by atoms with Crippen molar-refractivity contribution < 1.29 is 19.0 Å². The zero-order chi connectivity index (χ0) is 19.8. The summed E-state index contributed by atoms with van der Waals surface area (Å²) in [4.78, 5) is 17.1. The molecule has 3 rings (SSSR count).